The van der Waals surface area contributed by atoms with Crippen molar-refractivity contribution < 1.29 is 14.0 Å². The largest absolute Gasteiger partial charge is 0.352 e. The SMILES string of the molecule is C[C@@H](C(=O)NCCn1nc(-c2ccc(F)cc2)cc1-c1cccnc1)N1CCCC1=O. The number of hydrogen-bond donors (Lipinski definition) is 1. The van der Waals surface area contributed by atoms with Crippen molar-refractivity contribution in [2.24, 2.45) is 0 Å². The molecule has 3 heterocycles. The van der Waals surface area contributed by atoms with Crippen LogP contribution in [0, 0.1) is 5.82 Å². The molecular formula is C23H24FN5O2. The quantitative estimate of drug-likeness (QED) is 0.636. The van der Waals surface area contributed by atoms with Gasteiger partial charge in [-0.15, -0.1) is 0 Å². The molecule has 1 atom stereocenters. The van der Waals surface area contributed by atoms with Crippen LogP contribution in [0.4, 0.5) is 4.39 Å². The molecule has 0 spiro atoms. The molecule has 0 unspecified atom stereocenters. The third-order valence-electron chi connectivity index (χ3n) is 5.46. The van der Waals surface area contributed by atoms with Crippen LogP contribution >= 0.6 is 0 Å². The highest BCUT2D eigenvalue weighted by Gasteiger charge is 2.29. The van der Waals surface area contributed by atoms with E-state index in [4.69, 9.17) is 0 Å². The molecule has 2 aromatic heterocycles. The normalized spacial score (nSPS) is 14.6. The molecule has 160 valence electrons. The molecule has 1 N–H and O–H groups in total. The van der Waals surface area contributed by atoms with Crippen molar-refractivity contribution in [1.29, 1.82) is 0 Å². The molecule has 0 aliphatic carbocycles. The van der Waals surface area contributed by atoms with Crippen molar-refractivity contribution >= 4 is 11.8 Å². The van der Waals surface area contributed by atoms with Gasteiger partial charge in [0.1, 0.15) is 11.9 Å². The Bertz CT molecular complexity index is 1070. The van der Waals surface area contributed by atoms with Gasteiger partial charge in [0.25, 0.3) is 0 Å². The molecule has 4 rings (SSSR count). The number of carbonyl (C=O) groups excluding carboxylic acids is 2. The van der Waals surface area contributed by atoms with Crippen LogP contribution in [0.3, 0.4) is 0 Å². The predicted octanol–water partition coefficient (Wildman–Crippen LogP) is 2.88. The number of nitrogens with zero attached hydrogens (tertiary/aromatic N) is 4. The molecule has 1 saturated heterocycles. The van der Waals surface area contributed by atoms with E-state index in [2.05, 4.69) is 15.4 Å². The van der Waals surface area contributed by atoms with Crippen molar-refractivity contribution in [3.8, 4) is 22.5 Å². The minimum atomic E-state index is -0.486. The summed E-state index contributed by atoms with van der Waals surface area (Å²) in [7, 11) is 0. The molecule has 0 bridgehead atoms. The molecule has 31 heavy (non-hydrogen) atoms. The zero-order valence-electron chi connectivity index (χ0n) is 17.3. The maximum atomic E-state index is 13.3. The summed E-state index contributed by atoms with van der Waals surface area (Å²) in [5.41, 5.74) is 3.26. The first-order chi connectivity index (χ1) is 15.0. The first-order valence-electron chi connectivity index (χ1n) is 10.3. The Labute approximate surface area is 179 Å². The number of rotatable bonds is 7. The van der Waals surface area contributed by atoms with Gasteiger partial charge in [0, 0.05) is 43.0 Å². The third-order valence-corrected chi connectivity index (χ3v) is 5.46. The number of hydrogen-bond acceptors (Lipinski definition) is 4. The van der Waals surface area contributed by atoms with E-state index in [9.17, 15) is 14.0 Å². The van der Waals surface area contributed by atoms with Crippen LogP contribution < -0.4 is 5.32 Å². The van der Waals surface area contributed by atoms with Gasteiger partial charge in [-0.25, -0.2) is 4.39 Å². The maximum Gasteiger partial charge on any atom is 0.242 e. The molecule has 1 fully saturated rings. The second kappa shape index (κ2) is 9.07. The van der Waals surface area contributed by atoms with Gasteiger partial charge in [-0.2, -0.15) is 5.10 Å². The zero-order chi connectivity index (χ0) is 21.8. The second-order valence-electron chi connectivity index (χ2n) is 7.54. The predicted molar refractivity (Wildman–Crippen MR) is 114 cm³/mol. The van der Waals surface area contributed by atoms with Gasteiger partial charge in [0.05, 0.1) is 17.9 Å². The summed E-state index contributed by atoms with van der Waals surface area (Å²) in [4.78, 5) is 30.2. The monoisotopic (exact) mass is 421 g/mol. The van der Waals surface area contributed by atoms with Crippen molar-refractivity contribution in [2.75, 3.05) is 13.1 Å². The van der Waals surface area contributed by atoms with E-state index in [0.717, 1.165) is 23.2 Å². The van der Waals surface area contributed by atoms with Gasteiger partial charge in [-0.1, -0.05) is 0 Å². The van der Waals surface area contributed by atoms with Crippen LogP contribution in [0.25, 0.3) is 22.5 Å². The van der Waals surface area contributed by atoms with Crippen LogP contribution in [-0.2, 0) is 16.1 Å². The van der Waals surface area contributed by atoms with Crippen LogP contribution in [0.1, 0.15) is 19.8 Å². The maximum absolute atomic E-state index is 13.3. The summed E-state index contributed by atoms with van der Waals surface area (Å²) in [6.07, 6.45) is 4.75. The molecule has 7 nitrogen and oxygen atoms in total. The van der Waals surface area contributed by atoms with Gasteiger partial charge in [-0.05, 0) is 55.8 Å². The molecule has 1 aliphatic rings. The smallest absolute Gasteiger partial charge is 0.242 e. The van der Waals surface area contributed by atoms with Gasteiger partial charge in [-0.3, -0.25) is 19.3 Å². The van der Waals surface area contributed by atoms with Crippen LogP contribution in [0.15, 0.2) is 54.9 Å². The lowest BCUT2D eigenvalue weighted by Gasteiger charge is -2.23. The Hall–Kier alpha value is -3.55. The average molecular weight is 421 g/mol. The molecule has 3 aromatic rings. The van der Waals surface area contributed by atoms with Crippen molar-refractivity contribution in [3.05, 3.63) is 60.7 Å². The van der Waals surface area contributed by atoms with Crippen molar-refractivity contribution in [3.63, 3.8) is 0 Å². The summed E-state index contributed by atoms with van der Waals surface area (Å²) < 4.78 is 15.1. The van der Waals surface area contributed by atoms with Crippen molar-refractivity contribution in [2.45, 2.75) is 32.4 Å². The van der Waals surface area contributed by atoms with Crippen LogP contribution in [0.5, 0.6) is 0 Å². The summed E-state index contributed by atoms with van der Waals surface area (Å²) in [6.45, 7) is 3.18. The molecule has 0 radical (unpaired) electrons. The molecule has 2 amide bonds. The highest BCUT2D eigenvalue weighted by molar-refractivity contribution is 5.88. The molecule has 1 aromatic carbocycles. The van der Waals surface area contributed by atoms with E-state index >= 15 is 0 Å². The van der Waals surface area contributed by atoms with E-state index in [-0.39, 0.29) is 17.6 Å². The summed E-state index contributed by atoms with van der Waals surface area (Å²) in [6, 6.07) is 11.4. The Morgan fingerprint density at radius 1 is 1.23 bits per heavy atom. The number of halogens is 1. The average Bonchev–Trinajstić information content (AvgIpc) is 3.40. The number of likely N-dealkylation sites (tertiary alicyclic amines) is 1. The molecule has 1 aliphatic heterocycles. The third kappa shape index (κ3) is 4.63. The number of nitrogens with one attached hydrogen (secondary N) is 1. The van der Waals surface area contributed by atoms with E-state index in [1.807, 2.05) is 22.9 Å². The Kier molecular flexibility index (Phi) is 6.06. The van der Waals surface area contributed by atoms with E-state index in [0.29, 0.717) is 31.7 Å². The lowest BCUT2D eigenvalue weighted by Crippen LogP contribution is -2.46. The van der Waals surface area contributed by atoms with Crippen LogP contribution in [-0.4, -0.2) is 50.6 Å². The fourth-order valence-corrected chi connectivity index (χ4v) is 3.75. The van der Waals surface area contributed by atoms with Crippen LogP contribution in [0.2, 0.25) is 0 Å². The zero-order valence-corrected chi connectivity index (χ0v) is 17.3. The van der Waals surface area contributed by atoms with Crippen molar-refractivity contribution in [1.82, 2.24) is 25.0 Å². The van der Waals surface area contributed by atoms with E-state index in [1.54, 1.807) is 36.4 Å². The number of carbonyl (C=O) groups is 2. The fraction of sp³-hybridized carbons (Fsp3) is 0.304. The summed E-state index contributed by atoms with van der Waals surface area (Å²) >= 11 is 0. The van der Waals surface area contributed by atoms with E-state index in [1.165, 1.54) is 12.1 Å². The van der Waals surface area contributed by atoms with Gasteiger partial charge >= 0.3 is 0 Å². The summed E-state index contributed by atoms with van der Waals surface area (Å²) in [5, 5.41) is 7.57. The molecular weight excluding hydrogens is 397 g/mol. The minimum absolute atomic E-state index is 0.0255. The second-order valence-corrected chi connectivity index (χ2v) is 7.54. The number of amides is 2. The topological polar surface area (TPSA) is 80.1 Å². The lowest BCUT2D eigenvalue weighted by atomic mass is 10.1. The fourth-order valence-electron chi connectivity index (χ4n) is 3.75. The first-order valence-corrected chi connectivity index (χ1v) is 10.3. The lowest BCUT2D eigenvalue weighted by molar-refractivity contribution is -0.136. The standard InChI is InChI=1S/C23H24FN5O2/c1-16(28-12-3-5-22(28)30)23(31)26-11-13-29-21(18-4-2-10-25-15-18)14-20(27-29)17-6-8-19(24)9-7-17/h2,4,6-10,14-16H,3,5,11-13H2,1H3,(H,26,31)/t16-/m0/s1. The first kappa shape index (κ1) is 20.7. The van der Waals surface area contributed by atoms with Gasteiger partial charge in [0.2, 0.25) is 11.8 Å². The Morgan fingerprint density at radius 3 is 2.71 bits per heavy atom. The highest BCUT2D eigenvalue weighted by atomic mass is 19.1. The highest BCUT2D eigenvalue weighted by Crippen LogP contribution is 2.26. The van der Waals surface area contributed by atoms with Gasteiger partial charge in [0.15, 0.2) is 0 Å². The van der Waals surface area contributed by atoms with E-state index < -0.39 is 6.04 Å². The number of pyridine rings is 1. The van der Waals surface area contributed by atoms with Gasteiger partial charge < -0.3 is 10.2 Å². The number of benzene rings is 1. The molecule has 8 heteroatoms. The Morgan fingerprint density at radius 2 is 2.03 bits per heavy atom. The molecule has 0 saturated carbocycles. The Balaban J connectivity index is 1.49. The number of aromatic nitrogens is 3. The summed E-state index contributed by atoms with van der Waals surface area (Å²) in [5.74, 6) is -0.453. The minimum Gasteiger partial charge on any atom is -0.352 e.